The van der Waals surface area contributed by atoms with Gasteiger partial charge in [0.05, 0.1) is 34.0 Å². The number of fused-ring (bicyclic) bond motifs is 14. The molecule has 4 heterocycles. The van der Waals surface area contributed by atoms with Gasteiger partial charge >= 0.3 is 0 Å². The molecule has 0 atom stereocenters. The van der Waals surface area contributed by atoms with E-state index in [1.807, 2.05) is 6.20 Å². The van der Waals surface area contributed by atoms with Crippen molar-refractivity contribution in [1.82, 2.24) is 19.1 Å². The van der Waals surface area contributed by atoms with Crippen LogP contribution in [-0.4, -0.2) is 19.1 Å². The molecule has 13 aromatic rings. The second-order valence-corrected chi connectivity index (χ2v) is 16.4. The van der Waals surface area contributed by atoms with E-state index in [1.54, 1.807) is 11.3 Å². The minimum absolute atomic E-state index is 0.862. The summed E-state index contributed by atoms with van der Waals surface area (Å²) >= 11 is 1.74. The van der Waals surface area contributed by atoms with Gasteiger partial charge in [-0.05, 0) is 81.9 Å². The average molecular weight is 769 g/mol. The number of para-hydroxylation sites is 3. The number of hydrogen-bond acceptors (Lipinski definition) is 3. The highest BCUT2D eigenvalue weighted by Crippen LogP contribution is 2.44. The third-order valence-electron chi connectivity index (χ3n) is 12.2. The minimum Gasteiger partial charge on any atom is -0.309 e. The fourth-order valence-corrected chi connectivity index (χ4v) is 10.7. The summed E-state index contributed by atoms with van der Waals surface area (Å²) in [5, 5.41) is 11.1. The van der Waals surface area contributed by atoms with Gasteiger partial charge in [-0.15, -0.1) is 11.3 Å². The van der Waals surface area contributed by atoms with Gasteiger partial charge in [-0.2, -0.15) is 0 Å². The van der Waals surface area contributed by atoms with Gasteiger partial charge in [0.2, 0.25) is 0 Å². The van der Waals surface area contributed by atoms with Crippen molar-refractivity contribution in [3.63, 3.8) is 0 Å². The summed E-state index contributed by atoms with van der Waals surface area (Å²) < 4.78 is 6.01. The Bertz CT molecular complexity index is 3850. The molecule has 4 aromatic heterocycles. The molecule has 5 heteroatoms. The van der Waals surface area contributed by atoms with E-state index >= 15 is 0 Å². The molecule has 0 unspecified atom stereocenters. The van der Waals surface area contributed by atoms with Crippen LogP contribution in [0.1, 0.15) is 0 Å². The van der Waals surface area contributed by atoms with Crippen LogP contribution in [0.15, 0.2) is 194 Å². The Labute approximate surface area is 342 Å². The van der Waals surface area contributed by atoms with Gasteiger partial charge in [0.15, 0.2) is 0 Å². The lowest BCUT2D eigenvalue weighted by atomic mass is 9.98. The number of nitrogens with zero attached hydrogens (tertiary/aromatic N) is 4. The maximum atomic E-state index is 5.40. The molecular weight excluding hydrogens is 737 g/mol. The molecule has 59 heavy (non-hydrogen) atoms. The molecule has 0 amide bonds. The summed E-state index contributed by atoms with van der Waals surface area (Å²) in [5.74, 6) is 0. The number of aromatic nitrogens is 4. The van der Waals surface area contributed by atoms with E-state index in [2.05, 4.69) is 197 Å². The molecule has 0 radical (unpaired) electrons. The van der Waals surface area contributed by atoms with Crippen molar-refractivity contribution < 1.29 is 0 Å². The zero-order chi connectivity index (χ0) is 38.6. The first-order chi connectivity index (χ1) is 29.3. The highest BCUT2D eigenvalue weighted by molar-refractivity contribution is 7.26. The van der Waals surface area contributed by atoms with Crippen molar-refractivity contribution in [3.05, 3.63) is 194 Å². The zero-order valence-corrected chi connectivity index (χ0v) is 32.5. The van der Waals surface area contributed by atoms with Crippen LogP contribution in [0, 0.1) is 0 Å². The summed E-state index contributed by atoms with van der Waals surface area (Å²) in [6, 6.07) is 68.1. The first-order valence-corrected chi connectivity index (χ1v) is 20.8. The van der Waals surface area contributed by atoms with Crippen molar-refractivity contribution >= 4 is 96.9 Å². The number of thiophene rings is 1. The highest BCUT2D eigenvalue weighted by atomic mass is 32.1. The smallest absolute Gasteiger partial charge is 0.143 e. The minimum atomic E-state index is 0.862. The van der Waals surface area contributed by atoms with E-state index in [1.165, 1.54) is 80.9 Å². The van der Waals surface area contributed by atoms with Gasteiger partial charge in [0.1, 0.15) is 10.3 Å². The van der Waals surface area contributed by atoms with Crippen LogP contribution in [0.3, 0.4) is 0 Å². The molecule has 274 valence electrons. The van der Waals surface area contributed by atoms with Crippen molar-refractivity contribution in [3.8, 4) is 33.8 Å². The predicted octanol–water partition coefficient (Wildman–Crippen LogP) is 14.7. The van der Waals surface area contributed by atoms with Gasteiger partial charge in [-0.25, -0.2) is 9.97 Å². The van der Waals surface area contributed by atoms with Crippen molar-refractivity contribution in [2.75, 3.05) is 0 Å². The van der Waals surface area contributed by atoms with Crippen molar-refractivity contribution in [2.45, 2.75) is 0 Å². The zero-order valence-electron chi connectivity index (χ0n) is 31.7. The summed E-state index contributed by atoms with van der Waals surface area (Å²) in [5.41, 5.74) is 12.2. The van der Waals surface area contributed by atoms with Crippen LogP contribution in [-0.2, 0) is 0 Å². The summed E-state index contributed by atoms with van der Waals surface area (Å²) in [4.78, 5) is 11.4. The summed E-state index contributed by atoms with van der Waals surface area (Å²) in [7, 11) is 0. The van der Waals surface area contributed by atoms with Gasteiger partial charge in [-0.1, -0.05) is 133 Å². The molecule has 0 aliphatic heterocycles. The standard InChI is InChI=1S/C54H32N4S/c1-2-14-36(15-3-1)57-48-24-11-9-20-41(48)45-30-33(26-28-49(45)57)34-25-27-42-40-19-8-10-23-47(40)58(50(42)31-34)37-16-12-13-35(29-37)46-32-55-54-52(56-46)51-43-21-6-4-17-38(43)39-18-5-7-22-44(39)53(51)59-54/h1-32H. The molecule has 0 saturated carbocycles. The normalized spacial score (nSPS) is 12.1. The SMILES string of the molecule is c1ccc(-n2c3ccccc3c3cc(-c4ccc5c6ccccc6n(-c6cccc(-c7cnc8sc9c%10ccccc%10c%10ccccc%10c9c8n7)c6)c5c4)ccc32)cc1. The van der Waals surface area contributed by atoms with E-state index in [-0.39, 0.29) is 0 Å². The maximum Gasteiger partial charge on any atom is 0.143 e. The second kappa shape index (κ2) is 12.4. The number of rotatable bonds is 4. The lowest BCUT2D eigenvalue weighted by Gasteiger charge is -2.11. The fraction of sp³-hybridized carbons (Fsp3) is 0. The topological polar surface area (TPSA) is 35.6 Å². The molecule has 9 aromatic carbocycles. The average Bonchev–Trinajstić information content (AvgIpc) is 3.97. The Morgan fingerprint density at radius 1 is 0.373 bits per heavy atom. The Morgan fingerprint density at radius 2 is 0.949 bits per heavy atom. The van der Waals surface area contributed by atoms with Gasteiger partial charge < -0.3 is 9.13 Å². The lowest BCUT2D eigenvalue weighted by molar-refractivity contribution is 1.18. The monoisotopic (exact) mass is 768 g/mol. The Kier molecular flexibility index (Phi) is 6.85. The molecule has 0 aliphatic carbocycles. The summed E-state index contributed by atoms with van der Waals surface area (Å²) in [6.45, 7) is 0. The maximum absolute atomic E-state index is 5.40. The third-order valence-corrected chi connectivity index (χ3v) is 13.3. The Hall–Kier alpha value is -7.60. The van der Waals surface area contributed by atoms with E-state index in [0.29, 0.717) is 0 Å². The van der Waals surface area contributed by atoms with Crippen LogP contribution in [0.5, 0.6) is 0 Å². The predicted molar refractivity (Wildman–Crippen MR) is 249 cm³/mol. The molecule has 0 spiro atoms. The first kappa shape index (κ1) is 32.5. The third kappa shape index (κ3) is 4.77. The fourth-order valence-electron chi connectivity index (χ4n) is 9.54. The summed E-state index contributed by atoms with van der Waals surface area (Å²) in [6.07, 6.45) is 1.94. The highest BCUT2D eigenvalue weighted by Gasteiger charge is 2.19. The van der Waals surface area contributed by atoms with E-state index < -0.39 is 0 Å². The molecule has 13 rings (SSSR count). The molecular formula is C54H32N4S. The van der Waals surface area contributed by atoms with E-state index in [0.717, 1.165) is 38.5 Å². The molecule has 0 N–H and O–H groups in total. The Balaban J connectivity index is 0.978. The van der Waals surface area contributed by atoms with Crippen molar-refractivity contribution in [2.24, 2.45) is 0 Å². The van der Waals surface area contributed by atoms with Crippen LogP contribution in [0.4, 0.5) is 0 Å². The number of benzene rings is 9. The first-order valence-electron chi connectivity index (χ1n) is 20.0. The van der Waals surface area contributed by atoms with E-state index in [9.17, 15) is 0 Å². The lowest BCUT2D eigenvalue weighted by Crippen LogP contribution is -1.95. The molecule has 4 nitrogen and oxygen atoms in total. The molecule has 0 saturated heterocycles. The second-order valence-electron chi connectivity index (χ2n) is 15.4. The Morgan fingerprint density at radius 3 is 1.75 bits per heavy atom. The quantitative estimate of drug-likeness (QED) is 0.167. The number of hydrogen-bond donors (Lipinski definition) is 0. The van der Waals surface area contributed by atoms with Gasteiger partial charge in [-0.3, -0.25) is 0 Å². The van der Waals surface area contributed by atoms with Gasteiger partial charge in [0.25, 0.3) is 0 Å². The van der Waals surface area contributed by atoms with Crippen LogP contribution < -0.4 is 0 Å². The molecule has 0 aliphatic rings. The van der Waals surface area contributed by atoms with Crippen LogP contribution in [0.25, 0.3) is 119 Å². The van der Waals surface area contributed by atoms with Gasteiger partial charge in [0, 0.05) is 54.0 Å². The largest absolute Gasteiger partial charge is 0.309 e. The van der Waals surface area contributed by atoms with E-state index in [4.69, 9.17) is 9.97 Å². The van der Waals surface area contributed by atoms with Crippen LogP contribution in [0.2, 0.25) is 0 Å². The van der Waals surface area contributed by atoms with Crippen molar-refractivity contribution in [1.29, 1.82) is 0 Å². The van der Waals surface area contributed by atoms with Crippen LogP contribution >= 0.6 is 11.3 Å². The molecule has 0 bridgehead atoms. The molecule has 0 fully saturated rings.